The number of methoxy groups -OCH3 is 1. The number of carbonyl (C=O) groups is 2. The SMILES string of the molecule is CC[C@@H](NC(=O)C[NH+](C)CC(=O)Nc1cccc(OC)c1)c1ccc(C)cc1. The van der Waals surface area contributed by atoms with Gasteiger partial charge in [0.25, 0.3) is 11.8 Å². The third kappa shape index (κ3) is 6.70. The minimum absolute atomic E-state index is 0.0217. The fraction of sp³-hybridized carbons (Fsp3) is 0.364. The Morgan fingerprint density at radius 2 is 1.75 bits per heavy atom. The summed E-state index contributed by atoms with van der Waals surface area (Å²) in [5, 5.41) is 5.90. The zero-order valence-electron chi connectivity index (χ0n) is 17.0. The van der Waals surface area contributed by atoms with Crippen LogP contribution in [-0.2, 0) is 9.59 Å². The van der Waals surface area contributed by atoms with Crippen molar-refractivity contribution >= 4 is 17.5 Å². The molecule has 0 aromatic heterocycles. The first-order valence-corrected chi connectivity index (χ1v) is 9.52. The maximum absolute atomic E-state index is 12.4. The minimum atomic E-state index is -0.149. The number of aryl methyl sites for hydroxylation is 1. The fourth-order valence-corrected chi connectivity index (χ4v) is 2.98. The molecular formula is C22H30N3O3+. The maximum Gasteiger partial charge on any atom is 0.279 e. The highest BCUT2D eigenvalue weighted by atomic mass is 16.5. The van der Waals surface area contributed by atoms with Crippen LogP contribution in [0.2, 0.25) is 0 Å². The van der Waals surface area contributed by atoms with Crippen molar-refractivity contribution in [3.05, 3.63) is 59.7 Å². The number of rotatable bonds is 9. The topological polar surface area (TPSA) is 71.9 Å². The van der Waals surface area contributed by atoms with Gasteiger partial charge < -0.3 is 20.3 Å². The van der Waals surface area contributed by atoms with Gasteiger partial charge in [-0.1, -0.05) is 42.8 Å². The second-order valence-corrected chi connectivity index (χ2v) is 7.03. The first kappa shape index (κ1) is 21.4. The Hall–Kier alpha value is -2.86. The molecule has 2 rings (SSSR count). The molecule has 0 aliphatic rings. The average Bonchev–Trinajstić information content (AvgIpc) is 2.66. The lowest BCUT2D eigenvalue weighted by molar-refractivity contribution is -0.862. The van der Waals surface area contributed by atoms with Crippen LogP contribution >= 0.6 is 0 Å². The number of anilines is 1. The molecule has 0 saturated heterocycles. The summed E-state index contributed by atoms with van der Waals surface area (Å²) in [5.74, 6) is 0.461. The molecule has 28 heavy (non-hydrogen) atoms. The van der Waals surface area contributed by atoms with Gasteiger partial charge in [-0.25, -0.2) is 0 Å². The highest BCUT2D eigenvalue weighted by molar-refractivity contribution is 5.91. The van der Waals surface area contributed by atoms with Gasteiger partial charge in [0.15, 0.2) is 13.1 Å². The molecule has 1 unspecified atom stereocenters. The Kier molecular flexibility index (Phi) is 8.02. The Morgan fingerprint density at radius 3 is 2.39 bits per heavy atom. The van der Waals surface area contributed by atoms with Gasteiger partial charge in [-0.2, -0.15) is 0 Å². The molecule has 6 heteroatoms. The first-order chi connectivity index (χ1) is 13.4. The molecule has 0 aliphatic carbocycles. The van der Waals surface area contributed by atoms with Crippen LogP contribution in [0.3, 0.4) is 0 Å². The summed E-state index contributed by atoms with van der Waals surface area (Å²) < 4.78 is 5.15. The molecule has 2 aromatic carbocycles. The van der Waals surface area contributed by atoms with E-state index in [9.17, 15) is 9.59 Å². The number of benzene rings is 2. The molecule has 6 nitrogen and oxygen atoms in total. The molecule has 2 amide bonds. The van der Waals surface area contributed by atoms with E-state index in [-0.39, 0.29) is 30.9 Å². The van der Waals surface area contributed by atoms with Crippen molar-refractivity contribution in [2.45, 2.75) is 26.3 Å². The summed E-state index contributed by atoms with van der Waals surface area (Å²) in [5.41, 5.74) is 2.96. The number of hydrogen-bond donors (Lipinski definition) is 3. The van der Waals surface area contributed by atoms with Crippen molar-refractivity contribution in [2.75, 3.05) is 32.6 Å². The van der Waals surface area contributed by atoms with Crippen molar-refractivity contribution < 1.29 is 19.2 Å². The largest absolute Gasteiger partial charge is 0.497 e. The lowest BCUT2D eigenvalue weighted by atomic mass is 10.0. The number of ether oxygens (including phenoxy) is 1. The van der Waals surface area contributed by atoms with E-state index in [4.69, 9.17) is 4.74 Å². The second kappa shape index (κ2) is 10.5. The number of carbonyl (C=O) groups excluding carboxylic acids is 2. The number of nitrogens with one attached hydrogen (secondary N) is 3. The molecule has 0 spiro atoms. The van der Waals surface area contributed by atoms with Crippen LogP contribution in [0.5, 0.6) is 5.75 Å². The van der Waals surface area contributed by atoms with Crippen molar-refractivity contribution in [3.63, 3.8) is 0 Å². The van der Waals surface area contributed by atoms with Gasteiger partial charge in [-0.05, 0) is 31.0 Å². The van der Waals surface area contributed by atoms with Gasteiger partial charge >= 0.3 is 0 Å². The van der Waals surface area contributed by atoms with Crippen molar-refractivity contribution in [1.29, 1.82) is 0 Å². The number of amides is 2. The zero-order valence-corrected chi connectivity index (χ0v) is 17.0. The molecule has 2 atom stereocenters. The lowest BCUT2D eigenvalue weighted by Crippen LogP contribution is -3.11. The third-order valence-corrected chi connectivity index (χ3v) is 4.50. The molecule has 3 N–H and O–H groups in total. The van der Waals surface area contributed by atoms with Gasteiger partial charge in [-0.15, -0.1) is 0 Å². The van der Waals surface area contributed by atoms with Crippen LogP contribution in [-0.4, -0.2) is 39.1 Å². The first-order valence-electron chi connectivity index (χ1n) is 9.52. The number of quaternary nitrogens is 1. The third-order valence-electron chi connectivity index (χ3n) is 4.50. The summed E-state index contributed by atoms with van der Waals surface area (Å²) in [6.07, 6.45) is 0.810. The van der Waals surface area contributed by atoms with Crippen LogP contribution in [0.4, 0.5) is 5.69 Å². The van der Waals surface area contributed by atoms with E-state index >= 15 is 0 Å². The van der Waals surface area contributed by atoms with Crippen LogP contribution in [0, 0.1) is 6.92 Å². The Balaban J connectivity index is 1.83. The highest BCUT2D eigenvalue weighted by Gasteiger charge is 2.18. The number of hydrogen-bond acceptors (Lipinski definition) is 3. The quantitative estimate of drug-likeness (QED) is 0.617. The van der Waals surface area contributed by atoms with Crippen molar-refractivity contribution in [2.24, 2.45) is 0 Å². The van der Waals surface area contributed by atoms with Gasteiger partial charge in [0.2, 0.25) is 0 Å². The van der Waals surface area contributed by atoms with Crippen LogP contribution in [0.25, 0.3) is 0 Å². The molecule has 0 heterocycles. The molecular weight excluding hydrogens is 354 g/mol. The molecule has 0 fully saturated rings. The normalized spacial score (nSPS) is 12.7. The lowest BCUT2D eigenvalue weighted by Gasteiger charge is -2.19. The smallest absolute Gasteiger partial charge is 0.279 e. The molecule has 0 radical (unpaired) electrons. The predicted octanol–water partition coefficient (Wildman–Crippen LogP) is 1.72. The van der Waals surface area contributed by atoms with E-state index in [1.165, 1.54) is 5.56 Å². The van der Waals surface area contributed by atoms with E-state index in [0.717, 1.165) is 16.9 Å². The van der Waals surface area contributed by atoms with E-state index in [2.05, 4.69) is 10.6 Å². The predicted molar refractivity (Wildman–Crippen MR) is 111 cm³/mol. The Labute approximate surface area is 166 Å². The van der Waals surface area contributed by atoms with E-state index in [1.807, 2.05) is 57.3 Å². The number of likely N-dealkylation sites (N-methyl/N-ethyl adjacent to an activating group) is 1. The minimum Gasteiger partial charge on any atom is -0.497 e. The summed E-state index contributed by atoms with van der Waals surface area (Å²) >= 11 is 0. The summed E-state index contributed by atoms with van der Waals surface area (Å²) in [6.45, 7) is 4.51. The van der Waals surface area contributed by atoms with Crippen LogP contribution in [0.15, 0.2) is 48.5 Å². The second-order valence-electron chi connectivity index (χ2n) is 7.03. The summed E-state index contributed by atoms with van der Waals surface area (Å²) in [4.78, 5) is 25.5. The molecule has 0 saturated carbocycles. The van der Waals surface area contributed by atoms with Crippen LogP contribution in [0.1, 0.15) is 30.5 Å². The van der Waals surface area contributed by atoms with Gasteiger partial charge in [0.05, 0.1) is 20.2 Å². The van der Waals surface area contributed by atoms with Crippen molar-refractivity contribution in [3.8, 4) is 5.75 Å². The monoisotopic (exact) mass is 384 g/mol. The zero-order chi connectivity index (χ0) is 20.5. The van der Waals surface area contributed by atoms with Crippen molar-refractivity contribution in [1.82, 2.24) is 5.32 Å². The Bertz CT molecular complexity index is 790. The average molecular weight is 385 g/mol. The molecule has 0 bridgehead atoms. The van der Waals surface area contributed by atoms with Crippen LogP contribution < -0.4 is 20.3 Å². The molecule has 0 aliphatic heterocycles. The highest BCUT2D eigenvalue weighted by Crippen LogP contribution is 2.17. The molecule has 150 valence electrons. The summed E-state index contributed by atoms with van der Waals surface area (Å²) in [7, 11) is 3.41. The fourth-order valence-electron chi connectivity index (χ4n) is 2.98. The van der Waals surface area contributed by atoms with Gasteiger partial charge in [-0.3, -0.25) is 9.59 Å². The summed E-state index contributed by atoms with van der Waals surface area (Å²) in [6, 6.07) is 15.3. The molecule has 2 aromatic rings. The van der Waals surface area contributed by atoms with E-state index in [1.54, 1.807) is 19.2 Å². The Morgan fingerprint density at radius 1 is 1.07 bits per heavy atom. The standard InChI is InChI=1S/C22H29N3O3/c1-5-20(17-11-9-16(2)10-12-17)24-22(27)15-25(3)14-21(26)23-18-7-6-8-19(13-18)28-4/h6-13,20H,5,14-15H2,1-4H3,(H,23,26)(H,24,27)/p+1/t20-/m1/s1. The van der Waals surface area contributed by atoms with E-state index in [0.29, 0.717) is 11.4 Å². The van der Waals surface area contributed by atoms with Gasteiger partial charge in [0, 0.05) is 11.8 Å². The van der Waals surface area contributed by atoms with Gasteiger partial charge in [0.1, 0.15) is 5.75 Å². The van der Waals surface area contributed by atoms with E-state index < -0.39 is 0 Å². The maximum atomic E-state index is 12.4.